The van der Waals surface area contributed by atoms with Crippen LogP contribution in [0.2, 0.25) is 0 Å². The summed E-state index contributed by atoms with van der Waals surface area (Å²) in [4.78, 5) is 2.41. The lowest BCUT2D eigenvalue weighted by Crippen LogP contribution is -2.11. The molecule has 0 saturated carbocycles. The predicted molar refractivity (Wildman–Crippen MR) is 247 cm³/mol. The molecule has 0 radical (unpaired) electrons. The van der Waals surface area contributed by atoms with Crippen LogP contribution in [0.4, 0.5) is 17.1 Å². The maximum absolute atomic E-state index is 6.61. The maximum atomic E-state index is 6.61. The van der Waals surface area contributed by atoms with Crippen molar-refractivity contribution in [3.05, 3.63) is 206 Å². The molecule has 0 atom stereocenters. The fraction of sp³-hybridized carbons (Fsp3) is 0. The van der Waals surface area contributed by atoms with Gasteiger partial charge in [0.1, 0.15) is 11.2 Å². The molecule has 0 N–H and O–H groups in total. The molecule has 0 fully saturated rings. The highest BCUT2D eigenvalue weighted by molar-refractivity contribution is 7.25. The number of para-hydroxylation sites is 6. The van der Waals surface area contributed by atoms with E-state index in [0.29, 0.717) is 0 Å². The molecule has 3 heterocycles. The lowest BCUT2D eigenvalue weighted by atomic mass is 9.99. The molecule has 0 bridgehead atoms. The first kappa shape index (κ1) is 32.8. The number of rotatable bonds is 6. The fourth-order valence-electron chi connectivity index (χ4n) is 9.02. The molecule has 0 aliphatic rings. The summed E-state index contributed by atoms with van der Waals surface area (Å²) < 4.78 is 11.7. The first-order chi connectivity index (χ1) is 28.8. The van der Waals surface area contributed by atoms with Gasteiger partial charge in [-0.1, -0.05) is 140 Å². The van der Waals surface area contributed by atoms with Crippen LogP contribution in [0.5, 0.6) is 0 Å². The molecular weight excluding hydrogens is 725 g/mol. The first-order valence-electron chi connectivity index (χ1n) is 19.7. The summed E-state index contributed by atoms with van der Waals surface area (Å²) in [5, 5.41) is 7.26. The predicted octanol–water partition coefficient (Wildman–Crippen LogP) is 15.9. The minimum absolute atomic E-state index is 0.897. The highest BCUT2D eigenvalue weighted by Crippen LogP contribution is 2.46. The molecule has 0 spiro atoms. The van der Waals surface area contributed by atoms with E-state index in [2.05, 4.69) is 210 Å². The van der Waals surface area contributed by atoms with Crippen molar-refractivity contribution < 1.29 is 4.42 Å². The second-order valence-electron chi connectivity index (χ2n) is 14.8. The molecule has 9 aromatic carbocycles. The average molecular weight is 759 g/mol. The number of thiophene rings is 1. The van der Waals surface area contributed by atoms with Crippen LogP contribution in [-0.4, -0.2) is 4.57 Å². The van der Waals surface area contributed by atoms with Crippen LogP contribution in [-0.2, 0) is 0 Å². The summed E-state index contributed by atoms with van der Waals surface area (Å²) in [6, 6.07) is 74.5. The number of fused-ring (bicyclic) bond motifs is 9. The Kier molecular flexibility index (Phi) is 7.40. The van der Waals surface area contributed by atoms with Gasteiger partial charge in [0, 0.05) is 69.8 Å². The minimum Gasteiger partial charge on any atom is -0.455 e. The van der Waals surface area contributed by atoms with Crippen molar-refractivity contribution in [1.82, 2.24) is 4.57 Å². The van der Waals surface area contributed by atoms with Gasteiger partial charge in [-0.05, 0) is 72.3 Å². The average Bonchev–Trinajstić information content (AvgIpc) is 3.96. The van der Waals surface area contributed by atoms with Gasteiger partial charge in [0.25, 0.3) is 0 Å². The summed E-state index contributed by atoms with van der Waals surface area (Å²) in [6.07, 6.45) is 0. The molecule has 0 unspecified atom stereocenters. The Labute approximate surface area is 338 Å². The van der Waals surface area contributed by atoms with Crippen molar-refractivity contribution >= 4 is 92.3 Å². The monoisotopic (exact) mass is 758 g/mol. The van der Waals surface area contributed by atoms with Crippen LogP contribution in [0.15, 0.2) is 211 Å². The van der Waals surface area contributed by atoms with Crippen LogP contribution < -0.4 is 4.90 Å². The van der Waals surface area contributed by atoms with E-state index in [0.717, 1.165) is 66.8 Å². The molecule has 0 aliphatic carbocycles. The normalized spacial score (nSPS) is 11.8. The Morgan fingerprint density at radius 1 is 0.397 bits per heavy atom. The van der Waals surface area contributed by atoms with Crippen molar-refractivity contribution in [2.24, 2.45) is 0 Å². The zero-order valence-electron chi connectivity index (χ0n) is 31.3. The largest absolute Gasteiger partial charge is 0.455 e. The molecule has 12 rings (SSSR count). The zero-order chi connectivity index (χ0) is 38.2. The van der Waals surface area contributed by atoms with E-state index in [4.69, 9.17) is 4.42 Å². The molecule has 272 valence electrons. The quantitative estimate of drug-likeness (QED) is 0.168. The van der Waals surface area contributed by atoms with Crippen molar-refractivity contribution in [2.45, 2.75) is 0 Å². The van der Waals surface area contributed by atoms with Gasteiger partial charge in [-0.2, -0.15) is 0 Å². The van der Waals surface area contributed by atoms with Crippen molar-refractivity contribution in [2.75, 3.05) is 4.90 Å². The molecule has 12 aromatic rings. The topological polar surface area (TPSA) is 21.3 Å². The number of hydrogen-bond acceptors (Lipinski definition) is 3. The number of anilines is 3. The van der Waals surface area contributed by atoms with Gasteiger partial charge >= 0.3 is 0 Å². The van der Waals surface area contributed by atoms with Crippen LogP contribution in [0.25, 0.3) is 91.9 Å². The van der Waals surface area contributed by atoms with Gasteiger partial charge in [0.15, 0.2) is 0 Å². The SMILES string of the molecule is c1ccc(N(c2ccc3c4ccccc4n(-c4ccccc4-c4cccc5c4oc4ccccc45)c3c2)c2ccccc2-c2ccc3sc4ccccc4c3c2)cc1. The van der Waals surface area contributed by atoms with E-state index >= 15 is 0 Å². The number of benzene rings is 9. The Morgan fingerprint density at radius 2 is 1.07 bits per heavy atom. The third kappa shape index (κ3) is 5.05. The summed E-state index contributed by atoms with van der Waals surface area (Å²) >= 11 is 1.85. The highest BCUT2D eigenvalue weighted by atomic mass is 32.1. The summed E-state index contributed by atoms with van der Waals surface area (Å²) in [7, 11) is 0. The fourth-order valence-corrected chi connectivity index (χ4v) is 10.1. The number of furan rings is 1. The Balaban J connectivity index is 1.09. The van der Waals surface area contributed by atoms with Crippen LogP contribution in [0.1, 0.15) is 0 Å². The molecule has 4 heteroatoms. The van der Waals surface area contributed by atoms with E-state index in [1.807, 2.05) is 17.4 Å². The third-order valence-electron chi connectivity index (χ3n) is 11.6. The summed E-state index contributed by atoms with van der Waals surface area (Å²) in [6.45, 7) is 0. The summed E-state index contributed by atoms with van der Waals surface area (Å²) in [5.41, 5.74) is 13.0. The number of aromatic nitrogens is 1. The van der Waals surface area contributed by atoms with E-state index in [1.165, 1.54) is 42.1 Å². The van der Waals surface area contributed by atoms with Crippen LogP contribution in [0.3, 0.4) is 0 Å². The van der Waals surface area contributed by atoms with E-state index in [1.54, 1.807) is 0 Å². The minimum atomic E-state index is 0.897. The molecule has 3 nitrogen and oxygen atoms in total. The third-order valence-corrected chi connectivity index (χ3v) is 12.8. The Morgan fingerprint density at radius 3 is 1.98 bits per heavy atom. The van der Waals surface area contributed by atoms with Gasteiger partial charge in [0.05, 0.1) is 22.4 Å². The number of hydrogen-bond donors (Lipinski definition) is 0. The van der Waals surface area contributed by atoms with E-state index in [9.17, 15) is 0 Å². The summed E-state index contributed by atoms with van der Waals surface area (Å²) in [5.74, 6) is 0. The van der Waals surface area contributed by atoms with Gasteiger partial charge in [-0.15, -0.1) is 11.3 Å². The smallest absolute Gasteiger partial charge is 0.143 e. The molecule has 0 amide bonds. The molecular formula is C54H34N2OS. The highest BCUT2D eigenvalue weighted by Gasteiger charge is 2.22. The second kappa shape index (κ2) is 13.1. The lowest BCUT2D eigenvalue weighted by Gasteiger charge is -2.28. The van der Waals surface area contributed by atoms with Gasteiger partial charge in [0.2, 0.25) is 0 Å². The lowest BCUT2D eigenvalue weighted by molar-refractivity contribution is 0.670. The number of nitrogens with zero attached hydrogens (tertiary/aromatic N) is 2. The zero-order valence-corrected chi connectivity index (χ0v) is 32.2. The van der Waals surface area contributed by atoms with Gasteiger partial charge < -0.3 is 13.9 Å². The van der Waals surface area contributed by atoms with Gasteiger partial charge in [-0.25, -0.2) is 0 Å². The van der Waals surface area contributed by atoms with Crippen molar-refractivity contribution in [3.63, 3.8) is 0 Å². The van der Waals surface area contributed by atoms with Gasteiger partial charge in [-0.3, -0.25) is 0 Å². The first-order valence-corrected chi connectivity index (χ1v) is 20.5. The van der Waals surface area contributed by atoms with Crippen LogP contribution >= 0.6 is 11.3 Å². The maximum Gasteiger partial charge on any atom is 0.143 e. The molecule has 0 saturated heterocycles. The second-order valence-corrected chi connectivity index (χ2v) is 15.9. The molecule has 0 aliphatic heterocycles. The van der Waals surface area contributed by atoms with E-state index in [-0.39, 0.29) is 0 Å². The standard InChI is InChI=1S/C54H34N2OS/c1-2-15-36(16-3-1)55(47-24-9-4-17-38(47)35-29-32-53-46(33-35)43-21-8-13-28-52(43)58-53)37-30-31-41-39-18-5-10-25-48(39)56(50(41)34-37)49-26-11-6-19-40(49)44-22-14-23-45-42-20-7-12-27-51(42)57-54(44)45/h1-34H. The Hall–Kier alpha value is -7.40. The van der Waals surface area contributed by atoms with Crippen LogP contribution in [0, 0.1) is 0 Å². The van der Waals surface area contributed by atoms with Crippen molar-refractivity contribution in [1.29, 1.82) is 0 Å². The molecule has 3 aromatic heterocycles. The van der Waals surface area contributed by atoms with E-state index < -0.39 is 0 Å². The Bertz CT molecular complexity index is 3540. The van der Waals surface area contributed by atoms with Crippen molar-refractivity contribution in [3.8, 4) is 27.9 Å². The molecule has 58 heavy (non-hydrogen) atoms.